The lowest BCUT2D eigenvalue weighted by Gasteiger charge is -2.44. The molecule has 1 unspecified atom stereocenters. The van der Waals surface area contributed by atoms with Crippen LogP contribution in [-0.4, -0.2) is 43.2 Å². The Kier molecular flexibility index (Phi) is 5.42. The van der Waals surface area contributed by atoms with E-state index in [1.54, 1.807) is 26.2 Å². The van der Waals surface area contributed by atoms with Crippen LogP contribution in [0.25, 0.3) is 0 Å². The van der Waals surface area contributed by atoms with Gasteiger partial charge in [0, 0.05) is 31.0 Å². The first-order valence-electron chi connectivity index (χ1n) is 10.4. The van der Waals surface area contributed by atoms with E-state index in [9.17, 15) is 19.5 Å². The quantitative estimate of drug-likeness (QED) is 0.431. The fourth-order valence-corrected chi connectivity index (χ4v) is 4.12. The van der Waals surface area contributed by atoms with Gasteiger partial charge >= 0.3 is 0 Å². The van der Waals surface area contributed by atoms with E-state index in [0.717, 1.165) is 11.5 Å². The second-order valence-electron chi connectivity index (χ2n) is 8.89. The van der Waals surface area contributed by atoms with Gasteiger partial charge in [0.1, 0.15) is 11.5 Å². The molecule has 2 heterocycles. The number of phenolic OH excluding ortho intramolecular Hbond substituents is 1. The molecule has 0 spiro atoms. The second-order valence-corrected chi connectivity index (χ2v) is 8.89. The summed E-state index contributed by atoms with van der Waals surface area (Å²) in [6.45, 7) is 4.99. The average molecular weight is 438 g/mol. The summed E-state index contributed by atoms with van der Waals surface area (Å²) in [5.41, 5.74) is -0.639. The Hall–Kier alpha value is -3.39. The lowest BCUT2D eigenvalue weighted by atomic mass is 9.71. The number of phenols is 1. The Bertz CT molecular complexity index is 1240. The highest BCUT2D eigenvalue weighted by molar-refractivity contribution is 5.98. The lowest BCUT2D eigenvalue weighted by molar-refractivity contribution is -0.119. The molecule has 0 radical (unpaired) electrons. The molecule has 1 amide bonds. The molecule has 1 saturated heterocycles. The fraction of sp³-hybridized carbons (Fsp3) is 0.375. The highest BCUT2D eigenvalue weighted by Crippen LogP contribution is 2.45. The van der Waals surface area contributed by atoms with Gasteiger partial charge in [0.25, 0.3) is 5.91 Å². The number of anilines is 2. The van der Waals surface area contributed by atoms with Crippen molar-refractivity contribution in [2.24, 2.45) is 5.41 Å². The second kappa shape index (κ2) is 7.94. The molecular weight excluding hydrogens is 412 g/mol. The molecular formula is C24H26N2O6. The van der Waals surface area contributed by atoms with Gasteiger partial charge in [-0.1, -0.05) is 13.0 Å². The van der Waals surface area contributed by atoms with Crippen molar-refractivity contribution in [1.29, 1.82) is 0 Å². The number of aryl methyl sites for hydroxylation is 1. The number of nitrogens with zero attached hydrogens (tertiary/aromatic N) is 1. The smallest absolute Gasteiger partial charge is 0.257 e. The number of rotatable bonds is 7. The number of hydrogen-bond donors (Lipinski definition) is 2. The lowest BCUT2D eigenvalue weighted by Crippen LogP contribution is -2.47. The first-order chi connectivity index (χ1) is 15.1. The van der Waals surface area contributed by atoms with E-state index in [1.165, 1.54) is 11.0 Å². The molecule has 2 N–H and O–H groups in total. The number of nitrogens with one attached hydrogen (secondary N) is 1. The number of carbonyl (C=O) groups excluding carboxylic acids is 1. The average Bonchev–Trinajstić information content (AvgIpc) is 3.17. The summed E-state index contributed by atoms with van der Waals surface area (Å²) in [7, 11) is 3.16. The van der Waals surface area contributed by atoms with Crippen LogP contribution in [0.1, 0.15) is 40.3 Å². The van der Waals surface area contributed by atoms with Crippen LogP contribution in [0, 0.1) is 12.3 Å². The monoisotopic (exact) mass is 438 g/mol. The SMILES string of the molecule is Cc1ccc(C(Cc2c(Nc3cccc(C(=O)N(C)C)c3O)c(=O)c2=O)C2(C)COC2)o1. The summed E-state index contributed by atoms with van der Waals surface area (Å²) in [6, 6.07) is 8.42. The molecule has 1 aliphatic rings. The van der Waals surface area contributed by atoms with Crippen molar-refractivity contribution in [3.8, 4) is 5.75 Å². The third-order valence-electron chi connectivity index (χ3n) is 6.16. The number of ether oxygens (including phenoxy) is 1. The highest BCUT2D eigenvalue weighted by atomic mass is 16.5. The summed E-state index contributed by atoms with van der Waals surface area (Å²) in [4.78, 5) is 38.5. The number of amides is 1. The Morgan fingerprint density at radius 3 is 2.47 bits per heavy atom. The van der Waals surface area contributed by atoms with Crippen molar-refractivity contribution in [3.05, 3.63) is 73.4 Å². The van der Waals surface area contributed by atoms with Crippen LogP contribution in [0.5, 0.6) is 5.75 Å². The van der Waals surface area contributed by atoms with Gasteiger partial charge in [0.05, 0.1) is 30.2 Å². The summed E-state index contributed by atoms with van der Waals surface area (Å²) >= 11 is 0. The molecule has 0 saturated carbocycles. The van der Waals surface area contributed by atoms with Gasteiger partial charge in [-0.05, 0) is 37.6 Å². The fourth-order valence-electron chi connectivity index (χ4n) is 4.12. The zero-order chi connectivity index (χ0) is 23.2. The maximum Gasteiger partial charge on any atom is 0.257 e. The van der Waals surface area contributed by atoms with Crippen LogP contribution in [0.2, 0.25) is 0 Å². The Labute approximate surface area is 185 Å². The van der Waals surface area contributed by atoms with E-state index < -0.39 is 10.9 Å². The van der Waals surface area contributed by atoms with Crippen LogP contribution in [0.3, 0.4) is 0 Å². The molecule has 4 rings (SSSR count). The van der Waals surface area contributed by atoms with Crippen LogP contribution in [0.4, 0.5) is 11.4 Å². The number of benzene rings is 1. The molecule has 3 aromatic rings. The molecule has 32 heavy (non-hydrogen) atoms. The van der Waals surface area contributed by atoms with E-state index >= 15 is 0 Å². The maximum atomic E-state index is 12.5. The van der Waals surface area contributed by atoms with Crippen molar-refractivity contribution in [1.82, 2.24) is 4.90 Å². The number of aromatic hydroxyl groups is 1. The van der Waals surface area contributed by atoms with Crippen molar-refractivity contribution >= 4 is 17.3 Å². The van der Waals surface area contributed by atoms with Gasteiger partial charge < -0.3 is 24.5 Å². The van der Waals surface area contributed by atoms with Gasteiger partial charge in [-0.15, -0.1) is 0 Å². The molecule has 1 fully saturated rings. The van der Waals surface area contributed by atoms with Gasteiger partial charge in [0.15, 0.2) is 5.75 Å². The third-order valence-corrected chi connectivity index (χ3v) is 6.16. The summed E-state index contributed by atoms with van der Waals surface area (Å²) in [5.74, 6) is 0.715. The van der Waals surface area contributed by atoms with Crippen LogP contribution < -0.4 is 16.2 Å². The van der Waals surface area contributed by atoms with Gasteiger partial charge in [0.2, 0.25) is 10.9 Å². The third kappa shape index (κ3) is 3.60. The molecule has 0 bridgehead atoms. The van der Waals surface area contributed by atoms with Gasteiger partial charge in [-0.25, -0.2) is 0 Å². The molecule has 1 aliphatic heterocycles. The Morgan fingerprint density at radius 1 is 1.19 bits per heavy atom. The molecule has 1 atom stereocenters. The largest absolute Gasteiger partial charge is 0.505 e. The Morgan fingerprint density at radius 2 is 1.91 bits per heavy atom. The molecule has 0 aliphatic carbocycles. The zero-order valence-electron chi connectivity index (χ0n) is 18.5. The maximum absolute atomic E-state index is 12.5. The molecule has 1 aromatic heterocycles. The number of carbonyl (C=O) groups is 1. The molecule has 2 aromatic carbocycles. The highest BCUT2D eigenvalue weighted by Gasteiger charge is 2.44. The molecule has 8 heteroatoms. The minimum atomic E-state index is -0.645. The predicted molar refractivity (Wildman–Crippen MR) is 120 cm³/mol. The van der Waals surface area contributed by atoms with Gasteiger partial charge in [-0.2, -0.15) is 0 Å². The standard InChI is InChI=1S/C24H26N2O6/c1-13-8-9-18(32-13)16(24(2)11-31-12-24)10-15-19(22(29)21(15)28)25-17-7-5-6-14(20(17)27)23(30)26(3)4/h5-9,16,25,27H,10-12H2,1-4H3. The van der Waals surface area contributed by atoms with E-state index in [-0.39, 0.29) is 39.9 Å². The number of para-hydroxylation sites is 1. The zero-order valence-corrected chi connectivity index (χ0v) is 18.5. The predicted octanol–water partition coefficient (Wildman–Crippen LogP) is 2.70. The summed E-state index contributed by atoms with van der Waals surface area (Å²) in [6.07, 6.45) is 0.302. The normalized spacial score (nSPS) is 15.9. The van der Waals surface area contributed by atoms with Crippen LogP contribution in [0.15, 0.2) is 44.3 Å². The van der Waals surface area contributed by atoms with Crippen LogP contribution in [-0.2, 0) is 11.2 Å². The minimum Gasteiger partial charge on any atom is -0.505 e. The first-order valence-corrected chi connectivity index (χ1v) is 10.4. The van der Waals surface area contributed by atoms with Crippen molar-refractivity contribution in [3.63, 3.8) is 0 Å². The number of furan rings is 1. The molecule has 8 nitrogen and oxygen atoms in total. The van der Waals surface area contributed by atoms with E-state index in [4.69, 9.17) is 9.15 Å². The number of hydrogen-bond acceptors (Lipinski definition) is 7. The van der Waals surface area contributed by atoms with Crippen LogP contribution >= 0.6 is 0 Å². The van der Waals surface area contributed by atoms with Gasteiger partial charge in [-0.3, -0.25) is 14.4 Å². The summed E-state index contributed by atoms with van der Waals surface area (Å²) < 4.78 is 11.3. The Balaban J connectivity index is 1.66. The van der Waals surface area contributed by atoms with Crippen molar-refractivity contribution in [2.45, 2.75) is 26.2 Å². The van der Waals surface area contributed by atoms with Crippen molar-refractivity contribution in [2.75, 3.05) is 32.6 Å². The topological polar surface area (TPSA) is 109 Å². The van der Waals surface area contributed by atoms with E-state index in [0.29, 0.717) is 25.2 Å². The molecule has 168 valence electrons. The first kappa shape index (κ1) is 21.8. The van der Waals surface area contributed by atoms with Crippen molar-refractivity contribution < 1.29 is 19.1 Å². The van der Waals surface area contributed by atoms with E-state index in [1.807, 2.05) is 19.1 Å². The summed E-state index contributed by atoms with van der Waals surface area (Å²) in [5, 5.41) is 13.5. The minimum absolute atomic E-state index is 0.100. The van der Waals surface area contributed by atoms with E-state index in [2.05, 4.69) is 12.2 Å².